The topological polar surface area (TPSA) is 52.0 Å². The SMILES string of the molecule is O=C(Cn1cnc2scc(-c3ccc(Cl)cc3)c2c1=O)c1ccccc1. The monoisotopic (exact) mass is 380 g/mol. The Bertz CT molecular complexity index is 1150. The minimum atomic E-state index is -0.217. The fourth-order valence-electron chi connectivity index (χ4n) is 2.79. The van der Waals surface area contributed by atoms with Gasteiger partial charge in [-0.2, -0.15) is 0 Å². The lowest BCUT2D eigenvalue weighted by Crippen LogP contribution is -2.24. The smallest absolute Gasteiger partial charge is 0.263 e. The van der Waals surface area contributed by atoms with E-state index in [1.54, 1.807) is 36.4 Å². The number of carbonyl (C=O) groups excluding carboxylic acids is 1. The van der Waals surface area contributed by atoms with Crippen molar-refractivity contribution in [3.05, 3.63) is 87.2 Å². The molecule has 2 aromatic heterocycles. The molecule has 0 amide bonds. The average Bonchev–Trinajstić information content (AvgIpc) is 3.10. The van der Waals surface area contributed by atoms with Crippen molar-refractivity contribution in [3.63, 3.8) is 0 Å². The molecule has 0 atom stereocenters. The van der Waals surface area contributed by atoms with Crippen molar-refractivity contribution < 1.29 is 4.79 Å². The van der Waals surface area contributed by atoms with Gasteiger partial charge in [0.15, 0.2) is 5.78 Å². The van der Waals surface area contributed by atoms with Crippen LogP contribution in [0.5, 0.6) is 0 Å². The third-order valence-electron chi connectivity index (χ3n) is 4.13. The van der Waals surface area contributed by atoms with Gasteiger partial charge in [-0.1, -0.05) is 54.1 Å². The summed E-state index contributed by atoms with van der Waals surface area (Å²) in [6, 6.07) is 16.2. The van der Waals surface area contributed by atoms with Crippen LogP contribution in [0.15, 0.2) is 71.1 Å². The van der Waals surface area contributed by atoms with E-state index in [0.29, 0.717) is 20.8 Å². The highest BCUT2D eigenvalue weighted by molar-refractivity contribution is 7.17. The van der Waals surface area contributed by atoms with E-state index in [2.05, 4.69) is 4.98 Å². The zero-order chi connectivity index (χ0) is 18.1. The molecular formula is C20H13ClN2O2S. The number of thiophene rings is 1. The van der Waals surface area contributed by atoms with Crippen LogP contribution in [-0.4, -0.2) is 15.3 Å². The van der Waals surface area contributed by atoms with Crippen LogP contribution in [0.25, 0.3) is 21.3 Å². The molecule has 0 unspecified atom stereocenters. The molecule has 26 heavy (non-hydrogen) atoms. The molecule has 128 valence electrons. The minimum Gasteiger partial charge on any atom is -0.292 e. The first-order chi connectivity index (χ1) is 12.6. The number of rotatable bonds is 4. The van der Waals surface area contributed by atoms with Crippen LogP contribution in [0.2, 0.25) is 5.02 Å². The summed E-state index contributed by atoms with van der Waals surface area (Å²) in [4.78, 5) is 30.4. The van der Waals surface area contributed by atoms with Gasteiger partial charge in [0.2, 0.25) is 0 Å². The molecule has 0 N–H and O–H groups in total. The van der Waals surface area contributed by atoms with Crippen LogP contribution in [-0.2, 0) is 6.54 Å². The van der Waals surface area contributed by atoms with Crippen molar-refractivity contribution in [1.82, 2.24) is 9.55 Å². The molecule has 0 spiro atoms. The van der Waals surface area contributed by atoms with Gasteiger partial charge in [-0.15, -0.1) is 11.3 Å². The van der Waals surface area contributed by atoms with Crippen molar-refractivity contribution in [2.75, 3.05) is 0 Å². The van der Waals surface area contributed by atoms with Gasteiger partial charge in [-0.05, 0) is 17.7 Å². The summed E-state index contributed by atoms with van der Waals surface area (Å²) >= 11 is 7.36. The Hall–Kier alpha value is -2.76. The summed E-state index contributed by atoms with van der Waals surface area (Å²) < 4.78 is 1.36. The standard InChI is InChI=1S/C20H13ClN2O2S/c21-15-8-6-13(7-9-15)16-11-26-19-18(16)20(25)23(12-22-19)10-17(24)14-4-2-1-3-5-14/h1-9,11-12H,10H2. The minimum absolute atomic E-state index is 0.0400. The van der Waals surface area contributed by atoms with Crippen LogP contribution in [0, 0.1) is 0 Å². The molecule has 6 heteroatoms. The Morgan fingerprint density at radius 2 is 1.81 bits per heavy atom. The van der Waals surface area contributed by atoms with Gasteiger partial charge in [0.1, 0.15) is 4.83 Å². The number of benzene rings is 2. The lowest BCUT2D eigenvalue weighted by Gasteiger charge is -2.06. The first kappa shape index (κ1) is 16.7. The van der Waals surface area contributed by atoms with Gasteiger partial charge in [0, 0.05) is 21.5 Å². The molecule has 4 aromatic rings. The van der Waals surface area contributed by atoms with Gasteiger partial charge < -0.3 is 0 Å². The van der Waals surface area contributed by atoms with E-state index in [9.17, 15) is 9.59 Å². The number of ketones is 1. The van der Waals surface area contributed by atoms with Gasteiger partial charge >= 0.3 is 0 Å². The van der Waals surface area contributed by atoms with Crippen LogP contribution >= 0.6 is 22.9 Å². The third-order valence-corrected chi connectivity index (χ3v) is 5.26. The first-order valence-electron chi connectivity index (χ1n) is 7.94. The molecule has 0 aliphatic heterocycles. The Morgan fingerprint density at radius 1 is 1.08 bits per heavy atom. The summed E-state index contributed by atoms with van der Waals surface area (Å²) in [5.41, 5.74) is 2.06. The fourth-order valence-corrected chi connectivity index (χ4v) is 3.82. The highest BCUT2D eigenvalue weighted by atomic mass is 35.5. The number of Topliss-reactive ketones (excluding diaryl/α,β-unsaturated/α-hetero) is 1. The maximum Gasteiger partial charge on any atom is 0.263 e. The number of hydrogen-bond acceptors (Lipinski definition) is 4. The van der Waals surface area contributed by atoms with Gasteiger partial charge in [-0.3, -0.25) is 14.2 Å². The van der Waals surface area contributed by atoms with E-state index in [0.717, 1.165) is 11.1 Å². The predicted molar refractivity (Wildman–Crippen MR) is 105 cm³/mol. The normalized spacial score (nSPS) is 11.0. The second kappa shape index (κ2) is 6.86. The Kier molecular flexibility index (Phi) is 4.41. The highest BCUT2D eigenvalue weighted by Gasteiger charge is 2.15. The second-order valence-electron chi connectivity index (χ2n) is 5.80. The van der Waals surface area contributed by atoms with E-state index >= 15 is 0 Å². The molecule has 0 bridgehead atoms. The molecule has 0 fully saturated rings. The largest absolute Gasteiger partial charge is 0.292 e. The zero-order valence-corrected chi connectivity index (χ0v) is 15.1. The van der Waals surface area contributed by atoms with Crippen molar-refractivity contribution in [2.45, 2.75) is 6.54 Å². The lowest BCUT2D eigenvalue weighted by molar-refractivity contribution is 0.0970. The third kappa shape index (κ3) is 3.07. The summed E-state index contributed by atoms with van der Waals surface area (Å²) in [6.07, 6.45) is 1.44. The molecule has 4 nitrogen and oxygen atoms in total. The zero-order valence-electron chi connectivity index (χ0n) is 13.6. The maximum atomic E-state index is 13.0. The molecule has 0 radical (unpaired) electrons. The van der Waals surface area contributed by atoms with E-state index in [-0.39, 0.29) is 17.9 Å². The summed E-state index contributed by atoms with van der Waals surface area (Å²) in [5.74, 6) is -0.128. The molecule has 0 saturated carbocycles. The Balaban J connectivity index is 1.77. The number of nitrogens with zero attached hydrogens (tertiary/aromatic N) is 2. The van der Waals surface area contributed by atoms with Crippen LogP contribution in [0.1, 0.15) is 10.4 Å². The number of halogens is 1. The highest BCUT2D eigenvalue weighted by Crippen LogP contribution is 2.31. The number of hydrogen-bond donors (Lipinski definition) is 0. The van der Waals surface area contributed by atoms with Crippen molar-refractivity contribution in [2.24, 2.45) is 0 Å². The summed E-state index contributed by atoms with van der Waals surface area (Å²) in [6.45, 7) is -0.0400. The lowest BCUT2D eigenvalue weighted by atomic mass is 10.1. The average molecular weight is 381 g/mol. The first-order valence-corrected chi connectivity index (χ1v) is 9.20. The van der Waals surface area contributed by atoms with Gasteiger partial charge in [0.05, 0.1) is 18.3 Å². The number of carbonyl (C=O) groups is 1. The molecule has 2 aromatic carbocycles. The fraction of sp³-hybridized carbons (Fsp3) is 0.0500. The predicted octanol–water partition coefficient (Wildman–Crippen LogP) is 4.66. The van der Waals surface area contributed by atoms with Crippen molar-refractivity contribution in [3.8, 4) is 11.1 Å². The quantitative estimate of drug-likeness (QED) is 0.484. The number of fused-ring (bicyclic) bond motifs is 1. The maximum absolute atomic E-state index is 13.0. The molecule has 0 aliphatic rings. The van der Waals surface area contributed by atoms with E-state index in [1.807, 2.05) is 23.6 Å². The molecule has 4 rings (SSSR count). The van der Waals surface area contributed by atoms with Crippen LogP contribution in [0.3, 0.4) is 0 Å². The van der Waals surface area contributed by atoms with Crippen molar-refractivity contribution in [1.29, 1.82) is 0 Å². The van der Waals surface area contributed by atoms with Crippen molar-refractivity contribution >= 4 is 38.9 Å². The van der Waals surface area contributed by atoms with Gasteiger partial charge in [0.25, 0.3) is 5.56 Å². The van der Waals surface area contributed by atoms with E-state index in [4.69, 9.17) is 11.6 Å². The summed E-state index contributed by atoms with van der Waals surface area (Å²) in [7, 11) is 0. The molecule has 0 saturated heterocycles. The Labute approximate surface area is 158 Å². The molecule has 0 aliphatic carbocycles. The van der Waals surface area contributed by atoms with Gasteiger partial charge in [-0.25, -0.2) is 4.98 Å². The molecule has 2 heterocycles. The van der Waals surface area contributed by atoms with E-state index in [1.165, 1.54) is 22.2 Å². The Morgan fingerprint density at radius 3 is 2.54 bits per heavy atom. The summed E-state index contributed by atoms with van der Waals surface area (Å²) in [5, 5.41) is 3.07. The van der Waals surface area contributed by atoms with Crippen LogP contribution < -0.4 is 5.56 Å². The molecular weight excluding hydrogens is 368 g/mol. The van der Waals surface area contributed by atoms with E-state index < -0.39 is 0 Å². The van der Waals surface area contributed by atoms with Crippen LogP contribution in [0.4, 0.5) is 0 Å². The second-order valence-corrected chi connectivity index (χ2v) is 7.10. The number of aromatic nitrogens is 2.